The highest BCUT2D eigenvalue weighted by molar-refractivity contribution is 7.92. The van der Waals surface area contributed by atoms with E-state index in [1.54, 1.807) is 30.3 Å². The summed E-state index contributed by atoms with van der Waals surface area (Å²) >= 11 is 0. The van der Waals surface area contributed by atoms with Gasteiger partial charge in [0.25, 0.3) is 15.7 Å². The summed E-state index contributed by atoms with van der Waals surface area (Å²) in [4.78, 5) is 10.5. The number of nitrogens with one attached hydrogen (secondary N) is 2. The minimum atomic E-state index is -3.93. The van der Waals surface area contributed by atoms with E-state index in [1.807, 2.05) is 0 Å². The van der Waals surface area contributed by atoms with Crippen LogP contribution in [0.3, 0.4) is 0 Å². The number of hydrazone groups is 1. The highest BCUT2D eigenvalue weighted by Gasteiger charge is 2.22. The quantitative estimate of drug-likeness (QED) is 0.590. The van der Waals surface area contributed by atoms with Gasteiger partial charge >= 0.3 is 0 Å². The number of sulfonamides is 1. The molecule has 1 aliphatic carbocycles. The van der Waals surface area contributed by atoms with Gasteiger partial charge in [0, 0.05) is 17.5 Å². The average Bonchev–Trinajstić information content (AvgIpc) is 3.13. The summed E-state index contributed by atoms with van der Waals surface area (Å²) < 4.78 is 27.3. The Labute approximate surface area is 151 Å². The van der Waals surface area contributed by atoms with Gasteiger partial charge in [-0.2, -0.15) is 5.10 Å². The van der Waals surface area contributed by atoms with Gasteiger partial charge < -0.3 is 0 Å². The fraction of sp³-hybridized carbons (Fsp3) is 0.235. The molecule has 0 amide bonds. The van der Waals surface area contributed by atoms with E-state index in [9.17, 15) is 18.5 Å². The summed E-state index contributed by atoms with van der Waals surface area (Å²) in [6, 6.07) is 12.0. The van der Waals surface area contributed by atoms with Crippen molar-refractivity contribution >= 4 is 32.8 Å². The topological polar surface area (TPSA) is 114 Å². The van der Waals surface area contributed by atoms with Crippen LogP contribution < -0.4 is 10.1 Å². The van der Waals surface area contributed by atoms with Crippen molar-refractivity contribution in [1.82, 2.24) is 0 Å². The van der Waals surface area contributed by atoms with Crippen LogP contribution in [0.2, 0.25) is 0 Å². The van der Waals surface area contributed by atoms with Crippen molar-refractivity contribution in [2.24, 2.45) is 5.10 Å². The van der Waals surface area contributed by atoms with Gasteiger partial charge in [0.1, 0.15) is 5.69 Å². The third-order valence-electron chi connectivity index (χ3n) is 4.02. The van der Waals surface area contributed by atoms with Gasteiger partial charge in [0.15, 0.2) is 0 Å². The first-order valence-corrected chi connectivity index (χ1v) is 9.62. The van der Waals surface area contributed by atoms with Crippen LogP contribution in [-0.4, -0.2) is 19.1 Å². The van der Waals surface area contributed by atoms with E-state index < -0.39 is 14.9 Å². The maximum absolute atomic E-state index is 12.5. The van der Waals surface area contributed by atoms with Crippen molar-refractivity contribution in [3.63, 3.8) is 0 Å². The SMILES string of the molecule is O=[N+]([O-])c1cc(S(=O)(=O)Nc2ccccc2)ccc1NN=C1CCCC1. The Morgan fingerprint density at radius 2 is 1.73 bits per heavy atom. The molecule has 0 unspecified atom stereocenters. The lowest BCUT2D eigenvalue weighted by molar-refractivity contribution is -0.384. The molecule has 9 heteroatoms. The van der Waals surface area contributed by atoms with Gasteiger partial charge in [-0.05, 0) is 49.9 Å². The van der Waals surface area contributed by atoms with E-state index in [0.29, 0.717) is 5.69 Å². The summed E-state index contributed by atoms with van der Waals surface area (Å²) in [6.45, 7) is 0. The smallest absolute Gasteiger partial charge is 0.280 e. The van der Waals surface area contributed by atoms with Gasteiger partial charge in [-0.25, -0.2) is 8.42 Å². The highest BCUT2D eigenvalue weighted by atomic mass is 32.2. The summed E-state index contributed by atoms with van der Waals surface area (Å²) in [5.74, 6) is 0. The van der Waals surface area contributed by atoms with Gasteiger partial charge in [-0.15, -0.1) is 0 Å². The largest absolute Gasteiger partial charge is 0.295 e. The Morgan fingerprint density at radius 1 is 1.04 bits per heavy atom. The van der Waals surface area contributed by atoms with Crippen molar-refractivity contribution in [2.75, 3.05) is 10.1 Å². The Bertz CT molecular complexity index is 934. The fourth-order valence-corrected chi connectivity index (χ4v) is 3.76. The van der Waals surface area contributed by atoms with Gasteiger partial charge in [-0.3, -0.25) is 20.3 Å². The molecule has 0 heterocycles. The number of nitro groups is 1. The number of hydrogen-bond donors (Lipinski definition) is 2. The first kappa shape index (κ1) is 17.9. The minimum Gasteiger partial charge on any atom is -0.280 e. The van der Waals surface area contributed by atoms with E-state index >= 15 is 0 Å². The number of rotatable bonds is 6. The van der Waals surface area contributed by atoms with Gasteiger partial charge in [0.2, 0.25) is 0 Å². The van der Waals surface area contributed by atoms with Crippen LogP contribution in [0, 0.1) is 10.1 Å². The van der Waals surface area contributed by atoms with Crippen LogP contribution in [0.5, 0.6) is 0 Å². The number of anilines is 2. The molecule has 8 nitrogen and oxygen atoms in total. The Hall–Kier alpha value is -2.94. The fourth-order valence-electron chi connectivity index (χ4n) is 2.68. The zero-order valence-corrected chi connectivity index (χ0v) is 14.7. The molecular weight excluding hydrogens is 356 g/mol. The second-order valence-corrected chi connectivity index (χ2v) is 7.59. The molecule has 136 valence electrons. The molecule has 2 N–H and O–H groups in total. The molecule has 0 saturated heterocycles. The molecule has 1 aliphatic rings. The van der Waals surface area contributed by atoms with E-state index in [1.165, 1.54) is 12.1 Å². The third kappa shape index (κ3) is 4.17. The van der Waals surface area contributed by atoms with Crippen LogP contribution in [0.15, 0.2) is 58.5 Å². The van der Waals surface area contributed by atoms with Gasteiger partial charge in [0.05, 0.1) is 9.82 Å². The van der Waals surface area contributed by atoms with E-state index in [0.717, 1.165) is 37.5 Å². The number of nitrogens with zero attached hydrogens (tertiary/aromatic N) is 2. The summed E-state index contributed by atoms with van der Waals surface area (Å²) in [7, 11) is -3.93. The van der Waals surface area contributed by atoms with Crippen molar-refractivity contribution < 1.29 is 13.3 Å². The normalized spacial score (nSPS) is 14.1. The number of hydrogen-bond acceptors (Lipinski definition) is 6. The van der Waals surface area contributed by atoms with Crippen molar-refractivity contribution in [1.29, 1.82) is 0 Å². The Kier molecular flexibility index (Phi) is 5.17. The van der Waals surface area contributed by atoms with Crippen molar-refractivity contribution in [2.45, 2.75) is 30.6 Å². The number of para-hydroxylation sites is 1. The predicted octanol–water partition coefficient (Wildman–Crippen LogP) is 3.74. The molecule has 2 aromatic rings. The molecule has 0 spiro atoms. The van der Waals surface area contributed by atoms with Crippen molar-refractivity contribution in [3.8, 4) is 0 Å². The third-order valence-corrected chi connectivity index (χ3v) is 5.40. The molecule has 0 aromatic heterocycles. The molecular formula is C17H18N4O4S. The summed E-state index contributed by atoms with van der Waals surface area (Å²) in [5.41, 5.74) is 3.85. The highest BCUT2D eigenvalue weighted by Crippen LogP contribution is 2.29. The lowest BCUT2D eigenvalue weighted by Crippen LogP contribution is -2.13. The second-order valence-electron chi connectivity index (χ2n) is 5.90. The van der Waals surface area contributed by atoms with Gasteiger partial charge in [-0.1, -0.05) is 18.2 Å². The Morgan fingerprint density at radius 3 is 2.38 bits per heavy atom. The summed E-state index contributed by atoms with van der Waals surface area (Å²) in [6.07, 6.45) is 3.86. The lowest BCUT2D eigenvalue weighted by atomic mass is 10.3. The molecule has 0 atom stereocenters. The van der Waals surface area contributed by atoms with Crippen LogP contribution >= 0.6 is 0 Å². The predicted molar refractivity (Wildman–Crippen MR) is 99.9 cm³/mol. The van der Waals surface area contributed by atoms with Crippen molar-refractivity contribution in [3.05, 3.63) is 58.6 Å². The first-order valence-electron chi connectivity index (χ1n) is 8.13. The maximum atomic E-state index is 12.5. The van der Waals surface area contributed by atoms with E-state index in [2.05, 4.69) is 15.2 Å². The molecule has 0 aliphatic heterocycles. The molecule has 1 saturated carbocycles. The summed E-state index contributed by atoms with van der Waals surface area (Å²) in [5, 5.41) is 15.6. The minimum absolute atomic E-state index is 0.160. The van der Waals surface area contributed by atoms with E-state index in [-0.39, 0.29) is 16.3 Å². The molecule has 0 bridgehead atoms. The standard InChI is InChI=1S/C17H18N4O4S/c22-21(23)17-12-15(26(24,25)20-14-8-2-1-3-9-14)10-11-16(17)19-18-13-6-4-5-7-13/h1-3,8-12,19-20H,4-7H2. The molecule has 3 rings (SSSR count). The zero-order valence-electron chi connectivity index (χ0n) is 13.9. The molecule has 2 aromatic carbocycles. The average molecular weight is 374 g/mol. The van der Waals surface area contributed by atoms with Crippen LogP contribution in [0.1, 0.15) is 25.7 Å². The van der Waals surface area contributed by atoms with Crippen LogP contribution in [0.25, 0.3) is 0 Å². The second kappa shape index (κ2) is 7.52. The van der Waals surface area contributed by atoms with Crippen LogP contribution in [0.4, 0.5) is 17.1 Å². The first-order chi connectivity index (χ1) is 12.5. The maximum Gasteiger partial charge on any atom is 0.295 e. The molecule has 1 fully saturated rings. The monoisotopic (exact) mass is 374 g/mol. The molecule has 0 radical (unpaired) electrons. The number of nitro benzene ring substituents is 1. The number of benzene rings is 2. The van der Waals surface area contributed by atoms with Crippen LogP contribution in [-0.2, 0) is 10.0 Å². The zero-order chi connectivity index (χ0) is 18.6. The van der Waals surface area contributed by atoms with E-state index in [4.69, 9.17) is 0 Å². The molecule has 26 heavy (non-hydrogen) atoms. The lowest BCUT2D eigenvalue weighted by Gasteiger charge is -2.09. The Balaban J connectivity index is 1.87.